The van der Waals surface area contributed by atoms with E-state index in [9.17, 15) is 19.7 Å². The van der Waals surface area contributed by atoms with E-state index in [0.717, 1.165) is 5.56 Å². The zero-order chi connectivity index (χ0) is 16.4. The highest BCUT2D eigenvalue weighted by molar-refractivity contribution is 6.62. The van der Waals surface area contributed by atoms with Crippen molar-refractivity contribution in [3.8, 4) is 0 Å². The third-order valence-corrected chi connectivity index (χ3v) is 3.91. The van der Waals surface area contributed by atoms with Gasteiger partial charge in [-0.1, -0.05) is 26.8 Å². The summed E-state index contributed by atoms with van der Waals surface area (Å²) in [5.41, 5.74) is 2.58. The summed E-state index contributed by atoms with van der Waals surface area (Å²) < 4.78 is 5.19. The molecule has 7 heteroatoms. The minimum atomic E-state index is -1.06. The summed E-state index contributed by atoms with van der Waals surface area (Å²) in [7, 11) is -1.03. The van der Waals surface area contributed by atoms with Crippen LogP contribution in [0.15, 0.2) is 12.1 Å². The summed E-state index contributed by atoms with van der Waals surface area (Å²) in [6, 6.07) is 2.45. The highest BCUT2D eigenvalue weighted by Crippen LogP contribution is 2.18. The Morgan fingerprint density at radius 2 is 2.09 bits per heavy atom. The molecule has 22 heavy (non-hydrogen) atoms. The van der Waals surface area contributed by atoms with Gasteiger partial charge in [-0.25, -0.2) is 4.79 Å². The van der Waals surface area contributed by atoms with Crippen LogP contribution in [0.25, 0.3) is 0 Å². The number of aliphatic carboxylic acids is 1. The molecule has 2 rings (SSSR count). The van der Waals surface area contributed by atoms with Crippen molar-refractivity contribution in [1.29, 1.82) is 0 Å². The maximum absolute atomic E-state index is 12.5. The van der Waals surface area contributed by atoms with Crippen LogP contribution in [0.1, 0.15) is 42.3 Å². The Morgan fingerprint density at radius 3 is 2.64 bits per heavy atom. The van der Waals surface area contributed by atoms with E-state index in [1.54, 1.807) is 26.0 Å². The van der Waals surface area contributed by atoms with Gasteiger partial charge in [0.25, 0.3) is 5.91 Å². The van der Waals surface area contributed by atoms with Gasteiger partial charge in [0.2, 0.25) is 0 Å². The lowest BCUT2D eigenvalue weighted by Gasteiger charge is -2.19. The second-order valence-electron chi connectivity index (χ2n) is 5.71. The minimum Gasteiger partial charge on any atom is -0.480 e. The first-order valence-corrected chi connectivity index (χ1v) is 7.34. The predicted molar refractivity (Wildman–Crippen MR) is 81.9 cm³/mol. The van der Waals surface area contributed by atoms with Gasteiger partial charge in [-0.2, -0.15) is 0 Å². The van der Waals surface area contributed by atoms with Gasteiger partial charge in [0.05, 0.1) is 6.61 Å². The van der Waals surface area contributed by atoms with Crippen LogP contribution in [0.2, 0.25) is 0 Å². The third kappa shape index (κ3) is 3.00. The molecule has 1 atom stereocenters. The van der Waals surface area contributed by atoms with Crippen molar-refractivity contribution in [1.82, 2.24) is 5.32 Å². The van der Waals surface area contributed by atoms with Crippen LogP contribution in [0, 0.1) is 5.92 Å². The first kappa shape index (κ1) is 16.5. The molecule has 0 spiro atoms. The number of carbonyl (C=O) groups excluding carboxylic acids is 1. The predicted octanol–water partition coefficient (Wildman–Crippen LogP) is 0.306. The fraction of sp³-hybridized carbons (Fsp3) is 0.467. The number of amides is 1. The van der Waals surface area contributed by atoms with E-state index >= 15 is 0 Å². The first-order valence-electron chi connectivity index (χ1n) is 7.34. The van der Waals surface area contributed by atoms with Gasteiger partial charge in [-0.3, -0.25) is 4.79 Å². The topological polar surface area (TPSA) is 95.9 Å². The van der Waals surface area contributed by atoms with E-state index in [-0.39, 0.29) is 5.92 Å². The van der Waals surface area contributed by atoms with Crippen molar-refractivity contribution in [2.45, 2.75) is 39.8 Å². The summed E-state index contributed by atoms with van der Waals surface area (Å²) in [5.74, 6) is -1.74. The molecule has 0 saturated heterocycles. The Balaban J connectivity index is 2.35. The number of carboxylic acid groups (broad SMARTS) is 1. The average molecular weight is 305 g/mol. The summed E-state index contributed by atoms with van der Waals surface area (Å²) >= 11 is 0. The fourth-order valence-electron chi connectivity index (χ4n) is 2.72. The smallest absolute Gasteiger partial charge is 0.480 e. The number of benzene rings is 1. The number of fused-ring (bicyclic) bond motifs is 1. The van der Waals surface area contributed by atoms with Crippen LogP contribution in [0.5, 0.6) is 0 Å². The second-order valence-corrected chi connectivity index (χ2v) is 5.71. The Bertz CT molecular complexity index is 602. The van der Waals surface area contributed by atoms with Crippen molar-refractivity contribution in [2.24, 2.45) is 5.92 Å². The van der Waals surface area contributed by atoms with Crippen LogP contribution < -0.4 is 10.8 Å². The van der Waals surface area contributed by atoms with Crippen LogP contribution >= 0.6 is 0 Å². The number of carbonyl (C=O) groups is 2. The summed E-state index contributed by atoms with van der Waals surface area (Å²) in [6.45, 7) is 5.67. The van der Waals surface area contributed by atoms with Gasteiger partial charge in [0, 0.05) is 5.56 Å². The highest BCUT2D eigenvalue weighted by atomic mass is 16.5. The third-order valence-electron chi connectivity index (χ3n) is 3.91. The number of hydrogen-bond donors (Lipinski definition) is 3. The molecular weight excluding hydrogens is 285 g/mol. The van der Waals surface area contributed by atoms with Gasteiger partial charge in [-0.15, -0.1) is 0 Å². The van der Waals surface area contributed by atoms with Crippen molar-refractivity contribution in [3.05, 3.63) is 28.8 Å². The molecule has 6 nitrogen and oxygen atoms in total. The lowest BCUT2D eigenvalue weighted by molar-refractivity contribution is -0.140. The molecule has 1 amide bonds. The molecule has 0 fully saturated rings. The Hall–Kier alpha value is -1.86. The van der Waals surface area contributed by atoms with Crippen molar-refractivity contribution in [2.75, 3.05) is 0 Å². The molecule has 0 bridgehead atoms. The maximum atomic E-state index is 12.5. The van der Waals surface area contributed by atoms with Gasteiger partial charge < -0.3 is 20.1 Å². The molecule has 1 aromatic rings. The minimum absolute atomic E-state index is 0.227. The molecule has 0 aromatic heterocycles. The summed E-state index contributed by atoms with van der Waals surface area (Å²) in [5, 5.41) is 21.6. The van der Waals surface area contributed by atoms with Crippen LogP contribution in [-0.2, 0) is 22.5 Å². The molecule has 1 aromatic carbocycles. The van der Waals surface area contributed by atoms with Gasteiger partial charge in [0.1, 0.15) is 6.04 Å². The number of nitrogens with one attached hydrogen (secondary N) is 1. The lowest BCUT2D eigenvalue weighted by atomic mass is 9.74. The Kier molecular flexibility index (Phi) is 4.88. The van der Waals surface area contributed by atoms with Gasteiger partial charge in [-0.05, 0) is 35.0 Å². The summed E-state index contributed by atoms with van der Waals surface area (Å²) in [6.07, 6.45) is 0.547. The second kappa shape index (κ2) is 6.50. The largest absolute Gasteiger partial charge is 0.492 e. The van der Waals surface area contributed by atoms with E-state index in [4.69, 9.17) is 4.65 Å². The average Bonchev–Trinajstić information content (AvgIpc) is 2.84. The maximum Gasteiger partial charge on any atom is 0.492 e. The van der Waals surface area contributed by atoms with E-state index in [1.165, 1.54) is 0 Å². The van der Waals surface area contributed by atoms with E-state index < -0.39 is 25.0 Å². The van der Waals surface area contributed by atoms with Crippen LogP contribution in [-0.4, -0.2) is 35.2 Å². The SMILES string of the molecule is CCc1c(C(=O)NC(C(=O)O)C(C)C)ccc2c1B(O)OC2. The number of carboxylic acids is 1. The van der Waals surface area contributed by atoms with Crippen LogP contribution in [0.3, 0.4) is 0 Å². The van der Waals surface area contributed by atoms with Gasteiger partial charge in [0.15, 0.2) is 0 Å². The molecule has 1 aliphatic rings. The van der Waals surface area contributed by atoms with E-state index in [2.05, 4.69) is 5.32 Å². The standard InChI is InChI=1S/C15H20BNO5/c1-4-10-11(6-5-9-7-22-16(21)12(9)10)14(18)17-13(8(2)3)15(19)20/h5-6,8,13,21H,4,7H2,1-3H3,(H,17,18)(H,19,20). The normalized spacial score (nSPS) is 14.9. The Labute approximate surface area is 129 Å². The van der Waals surface area contributed by atoms with E-state index in [0.29, 0.717) is 29.6 Å². The quantitative estimate of drug-likeness (QED) is 0.680. The summed E-state index contributed by atoms with van der Waals surface area (Å²) in [4.78, 5) is 23.7. The molecule has 1 unspecified atom stereocenters. The molecule has 0 saturated carbocycles. The molecule has 0 aliphatic carbocycles. The monoisotopic (exact) mass is 305 g/mol. The highest BCUT2D eigenvalue weighted by Gasteiger charge is 2.33. The van der Waals surface area contributed by atoms with Gasteiger partial charge >= 0.3 is 13.1 Å². The zero-order valence-corrected chi connectivity index (χ0v) is 12.9. The lowest BCUT2D eigenvalue weighted by Crippen LogP contribution is -2.45. The molecule has 118 valence electrons. The van der Waals surface area contributed by atoms with Crippen molar-refractivity contribution in [3.63, 3.8) is 0 Å². The number of hydrogen-bond acceptors (Lipinski definition) is 4. The van der Waals surface area contributed by atoms with E-state index in [1.807, 2.05) is 6.92 Å². The zero-order valence-electron chi connectivity index (χ0n) is 12.9. The fourth-order valence-corrected chi connectivity index (χ4v) is 2.72. The molecule has 1 aliphatic heterocycles. The molecule has 3 N–H and O–H groups in total. The Morgan fingerprint density at radius 1 is 1.41 bits per heavy atom. The van der Waals surface area contributed by atoms with Crippen molar-refractivity contribution >= 4 is 24.5 Å². The number of rotatable bonds is 5. The molecule has 1 heterocycles. The molecule has 0 radical (unpaired) electrons. The van der Waals surface area contributed by atoms with Crippen LogP contribution in [0.4, 0.5) is 0 Å². The molecular formula is C15H20BNO5. The van der Waals surface area contributed by atoms with Crippen molar-refractivity contribution < 1.29 is 24.4 Å². The first-order chi connectivity index (χ1) is 10.4.